The van der Waals surface area contributed by atoms with Gasteiger partial charge in [-0.1, -0.05) is 0 Å². The predicted molar refractivity (Wildman–Crippen MR) is 62.8 cm³/mol. The first-order valence-corrected chi connectivity index (χ1v) is 5.17. The molecule has 0 fully saturated rings. The van der Waals surface area contributed by atoms with Crippen LogP contribution >= 0.6 is 0 Å². The summed E-state index contributed by atoms with van der Waals surface area (Å²) in [5.41, 5.74) is 2.71. The highest BCUT2D eigenvalue weighted by Crippen LogP contribution is 2.22. The fraction of sp³-hybridized carbons (Fsp3) is 0.0833. The molecule has 84 valence electrons. The maximum atomic E-state index is 5.10. The molecule has 0 aliphatic heterocycles. The average Bonchev–Trinajstić information content (AvgIpc) is 2.82. The Bertz CT molecular complexity index is 662. The second kappa shape index (κ2) is 3.86. The third-order valence-corrected chi connectivity index (χ3v) is 2.52. The first kappa shape index (κ1) is 9.77. The van der Waals surface area contributed by atoms with E-state index in [1.165, 1.54) is 0 Å². The van der Waals surface area contributed by atoms with Gasteiger partial charge in [0, 0.05) is 24.0 Å². The van der Waals surface area contributed by atoms with Crippen molar-refractivity contribution in [1.29, 1.82) is 0 Å². The van der Waals surface area contributed by atoms with E-state index < -0.39 is 0 Å². The number of hydrogen-bond acceptors (Lipinski definition) is 4. The third kappa shape index (κ3) is 1.61. The molecule has 0 saturated carbocycles. The SMILES string of the molecule is COc1cc(-c2cnc3cccnn23)ccn1. The van der Waals surface area contributed by atoms with E-state index in [0.29, 0.717) is 5.88 Å². The Balaban J connectivity index is 2.20. The van der Waals surface area contributed by atoms with Crippen LogP contribution in [0.2, 0.25) is 0 Å². The minimum atomic E-state index is 0.577. The second-order valence-corrected chi connectivity index (χ2v) is 3.52. The van der Waals surface area contributed by atoms with Gasteiger partial charge in [0.05, 0.1) is 19.0 Å². The van der Waals surface area contributed by atoms with Gasteiger partial charge in [0.1, 0.15) is 0 Å². The summed E-state index contributed by atoms with van der Waals surface area (Å²) in [4.78, 5) is 8.37. The van der Waals surface area contributed by atoms with E-state index in [-0.39, 0.29) is 0 Å². The Kier molecular flexibility index (Phi) is 2.22. The van der Waals surface area contributed by atoms with Crippen LogP contribution in [0.15, 0.2) is 42.9 Å². The van der Waals surface area contributed by atoms with Crippen LogP contribution in [0.3, 0.4) is 0 Å². The number of pyridine rings is 1. The van der Waals surface area contributed by atoms with Crippen LogP contribution in [0, 0.1) is 0 Å². The molecule has 0 saturated heterocycles. The zero-order chi connectivity index (χ0) is 11.7. The maximum Gasteiger partial charge on any atom is 0.213 e. The van der Waals surface area contributed by atoms with E-state index in [2.05, 4.69) is 15.1 Å². The van der Waals surface area contributed by atoms with Crippen LogP contribution in [-0.2, 0) is 0 Å². The Morgan fingerprint density at radius 3 is 3.00 bits per heavy atom. The molecule has 3 aromatic rings. The summed E-state index contributed by atoms with van der Waals surface area (Å²) in [5.74, 6) is 0.577. The minimum absolute atomic E-state index is 0.577. The largest absolute Gasteiger partial charge is 0.481 e. The van der Waals surface area contributed by atoms with Crippen LogP contribution in [0.4, 0.5) is 0 Å². The standard InChI is InChI=1S/C12H10N4O/c1-17-12-7-9(4-6-13-12)10-8-14-11-3-2-5-15-16(10)11/h2-8H,1H3. The highest BCUT2D eigenvalue weighted by Gasteiger charge is 2.07. The van der Waals surface area contributed by atoms with E-state index in [1.807, 2.05) is 24.3 Å². The predicted octanol–water partition coefficient (Wildman–Crippen LogP) is 1.80. The fourth-order valence-electron chi connectivity index (χ4n) is 1.71. The van der Waals surface area contributed by atoms with Gasteiger partial charge < -0.3 is 4.74 Å². The van der Waals surface area contributed by atoms with Crippen LogP contribution in [0.5, 0.6) is 5.88 Å². The van der Waals surface area contributed by atoms with Crippen molar-refractivity contribution < 1.29 is 4.74 Å². The summed E-state index contributed by atoms with van der Waals surface area (Å²) in [6.45, 7) is 0. The number of nitrogens with zero attached hydrogens (tertiary/aromatic N) is 4. The van der Waals surface area contributed by atoms with Gasteiger partial charge in [-0.2, -0.15) is 5.10 Å². The number of methoxy groups -OCH3 is 1. The van der Waals surface area contributed by atoms with Gasteiger partial charge in [-0.3, -0.25) is 0 Å². The van der Waals surface area contributed by atoms with Crippen molar-refractivity contribution in [2.75, 3.05) is 7.11 Å². The van der Waals surface area contributed by atoms with Gasteiger partial charge in [0.15, 0.2) is 5.65 Å². The zero-order valence-electron chi connectivity index (χ0n) is 9.24. The second-order valence-electron chi connectivity index (χ2n) is 3.52. The first-order chi connectivity index (χ1) is 8.38. The lowest BCUT2D eigenvalue weighted by Crippen LogP contribution is -1.93. The van der Waals surface area contributed by atoms with Crippen molar-refractivity contribution in [2.24, 2.45) is 0 Å². The van der Waals surface area contributed by atoms with Gasteiger partial charge in [-0.25, -0.2) is 14.5 Å². The molecule has 3 aromatic heterocycles. The van der Waals surface area contributed by atoms with Crippen molar-refractivity contribution >= 4 is 5.65 Å². The van der Waals surface area contributed by atoms with Gasteiger partial charge in [0.25, 0.3) is 0 Å². The highest BCUT2D eigenvalue weighted by atomic mass is 16.5. The summed E-state index contributed by atoms with van der Waals surface area (Å²) >= 11 is 0. The number of ether oxygens (including phenoxy) is 1. The van der Waals surface area contributed by atoms with E-state index in [0.717, 1.165) is 16.9 Å². The number of hydrogen-bond donors (Lipinski definition) is 0. The summed E-state index contributed by atoms with van der Waals surface area (Å²) < 4.78 is 6.89. The van der Waals surface area contributed by atoms with Crippen molar-refractivity contribution in [3.05, 3.63) is 42.9 Å². The van der Waals surface area contributed by atoms with E-state index in [9.17, 15) is 0 Å². The van der Waals surface area contributed by atoms with Crippen molar-refractivity contribution in [2.45, 2.75) is 0 Å². The smallest absolute Gasteiger partial charge is 0.213 e. The Morgan fingerprint density at radius 1 is 1.18 bits per heavy atom. The molecule has 3 rings (SSSR count). The van der Waals surface area contributed by atoms with Crippen LogP contribution in [0.25, 0.3) is 16.9 Å². The molecule has 3 heterocycles. The van der Waals surface area contributed by atoms with Crippen LogP contribution in [0.1, 0.15) is 0 Å². The fourth-order valence-corrected chi connectivity index (χ4v) is 1.71. The molecule has 0 bridgehead atoms. The number of rotatable bonds is 2. The molecule has 0 N–H and O–H groups in total. The lowest BCUT2D eigenvalue weighted by molar-refractivity contribution is 0.398. The van der Waals surface area contributed by atoms with E-state index in [4.69, 9.17) is 4.74 Å². The normalized spacial score (nSPS) is 10.6. The van der Waals surface area contributed by atoms with Gasteiger partial charge >= 0.3 is 0 Å². The first-order valence-electron chi connectivity index (χ1n) is 5.17. The molecule has 0 atom stereocenters. The number of imidazole rings is 1. The topological polar surface area (TPSA) is 52.3 Å². The molecule has 5 heteroatoms. The molecule has 0 aliphatic carbocycles. The molecule has 0 unspecified atom stereocenters. The molecule has 0 radical (unpaired) electrons. The van der Waals surface area contributed by atoms with E-state index >= 15 is 0 Å². The summed E-state index contributed by atoms with van der Waals surface area (Å²) in [6.07, 6.45) is 5.23. The zero-order valence-corrected chi connectivity index (χ0v) is 9.24. The lowest BCUT2D eigenvalue weighted by atomic mass is 10.2. The molecule has 5 nitrogen and oxygen atoms in total. The van der Waals surface area contributed by atoms with Crippen molar-refractivity contribution in [1.82, 2.24) is 19.6 Å². The summed E-state index contributed by atoms with van der Waals surface area (Å²) in [6, 6.07) is 7.53. The van der Waals surface area contributed by atoms with E-state index in [1.54, 1.807) is 30.2 Å². The third-order valence-electron chi connectivity index (χ3n) is 2.52. The Hall–Kier alpha value is -2.43. The number of aromatic nitrogens is 4. The van der Waals surface area contributed by atoms with Gasteiger partial charge in [-0.05, 0) is 18.2 Å². The molecule has 0 spiro atoms. The quantitative estimate of drug-likeness (QED) is 0.668. The highest BCUT2D eigenvalue weighted by molar-refractivity contribution is 5.63. The minimum Gasteiger partial charge on any atom is -0.481 e. The van der Waals surface area contributed by atoms with Crippen LogP contribution < -0.4 is 4.74 Å². The Labute approximate surface area is 97.7 Å². The van der Waals surface area contributed by atoms with Crippen molar-refractivity contribution in [3.8, 4) is 17.1 Å². The summed E-state index contributed by atoms with van der Waals surface area (Å²) in [5, 5.41) is 4.27. The Morgan fingerprint density at radius 2 is 2.12 bits per heavy atom. The molecule has 0 amide bonds. The number of fused-ring (bicyclic) bond motifs is 1. The van der Waals surface area contributed by atoms with Gasteiger partial charge in [-0.15, -0.1) is 0 Å². The maximum absolute atomic E-state index is 5.10. The monoisotopic (exact) mass is 226 g/mol. The van der Waals surface area contributed by atoms with Crippen molar-refractivity contribution in [3.63, 3.8) is 0 Å². The van der Waals surface area contributed by atoms with Crippen LogP contribution in [-0.4, -0.2) is 26.7 Å². The molecule has 17 heavy (non-hydrogen) atoms. The molecular weight excluding hydrogens is 216 g/mol. The lowest BCUT2D eigenvalue weighted by Gasteiger charge is -2.02. The van der Waals surface area contributed by atoms with Gasteiger partial charge in [0.2, 0.25) is 5.88 Å². The molecule has 0 aromatic carbocycles. The summed E-state index contributed by atoms with van der Waals surface area (Å²) in [7, 11) is 1.60. The molecular formula is C12H10N4O. The average molecular weight is 226 g/mol. The molecule has 0 aliphatic rings.